The highest BCUT2D eigenvalue weighted by Crippen LogP contribution is 2.16. The van der Waals surface area contributed by atoms with Gasteiger partial charge in [0, 0.05) is 17.7 Å². The van der Waals surface area contributed by atoms with Crippen molar-refractivity contribution in [2.75, 3.05) is 0 Å². The number of benzene rings is 1. The van der Waals surface area contributed by atoms with Gasteiger partial charge in [0.1, 0.15) is 6.04 Å². The lowest BCUT2D eigenvalue weighted by molar-refractivity contribution is -0.384. The van der Waals surface area contributed by atoms with Crippen LogP contribution in [0.15, 0.2) is 18.2 Å². The lowest BCUT2D eigenvalue weighted by Crippen LogP contribution is -2.43. The Bertz CT molecular complexity index is 613. The highest BCUT2D eigenvalue weighted by Gasteiger charge is 2.23. The van der Waals surface area contributed by atoms with Crippen LogP contribution in [0.4, 0.5) is 5.69 Å². The number of primary amides is 1. The molecule has 1 aromatic rings. The van der Waals surface area contributed by atoms with Crippen LogP contribution in [0, 0.1) is 17.0 Å². The van der Waals surface area contributed by atoms with Crippen LogP contribution in [0.1, 0.15) is 22.3 Å². The SMILES string of the molecule is Cc1cc(C(=O)N[C@@H](CC(N)=O)C(=O)O)cc([N+](=O)[O-])c1. The monoisotopic (exact) mass is 295 g/mol. The topological polar surface area (TPSA) is 153 Å². The lowest BCUT2D eigenvalue weighted by Gasteiger charge is -2.13. The fraction of sp³-hybridized carbons (Fsp3) is 0.250. The first-order valence-corrected chi connectivity index (χ1v) is 5.78. The third-order valence-corrected chi connectivity index (χ3v) is 2.54. The summed E-state index contributed by atoms with van der Waals surface area (Å²) in [5.41, 5.74) is 5.00. The summed E-state index contributed by atoms with van der Waals surface area (Å²) in [4.78, 5) is 43.6. The van der Waals surface area contributed by atoms with Crippen molar-refractivity contribution in [1.29, 1.82) is 0 Å². The Morgan fingerprint density at radius 3 is 2.48 bits per heavy atom. The van der Waals surface area contributed by atoms with Crippen molar-refractivity contribution in [3.05, 3.63) is 39.4 Å². The van der Waals surface area contributed by atoms with Crippen molar-refractivity contribution >= 4 is 23.5 Å². The lowest BCUT2D eigenvalue weighted by atomic mass is 10.1. The second-order valence-corrected chi connectivity index (χ2v) is 4.35. The summed E-state index contributed by atoms with van der Waals surface area (Å²) in [5.74, 6) is -3.15. The number of aliphatic carboxylic acids is 1. The van der Waals surface area contributed by atoms with Gasteiger partial charge in [-0.05, 0) is 18.6 Å². The van der Waals surface area contributed by atoms with Crippen LogP contribution in [0.25, 0.3) is 0 Å². The fourth-order valence-electron chi connectivity index (χ4n) is 1.64. The molecule has 9 heteroatoms. The molecule has 0 spiro atoms. The van der Waals surface area contributed by atoms with Crippen LogP contribution < -0.4 is 11.1 Å². The zero-order valence-electron chi connectivity index (χ0n) is 11.0. The Kier molecular flexibility index (Phi) is 4.95. The molecule has 0 aliphatic heterocycles. The standard InChI is InChI=1S/C12H13N3O6/c1-6-2-7(4-8(3-6)15(20)21)11(17)14-9(12(18)19)5-10(13)16/h2-4,9H,5H2,1H3,(H2,13,16)(H,14,17)(H,18,19)/t9-/m0/s1. The third kappa shape index (κ3) is 4.56. The van der Waals surface area contributed by atoms with E-state index < -0.39 is 35.2 Å². The van der Waals surface area contributed by atoms with Gasteiger partial charge in [-0.3, -0.25) is 19.7 Å². The summed E-state index contributed by atoms with van der Waals surface area (Å²) in [6.45, 7) is 1.56. The summed E-state index contributed by atoms with van der Waals surface area (Å²) in [6, 6.07) is 2.17. The number of amides is 2. The van der Waals surface area contributed by atoms with E-state index >= 15 is 0 Å². The summed E-state index contributed by atoms with van der Waals surface area (Å²) in [7, 11) is 0. The van der Waals surface area contributed by atoms with Crippen molar-refractivity contribution in [2.24, 2.45) is 5.73 Å². The highest BCUT2D eigenvalue weighted by molar-refractivity contribution is 5.98. The summed E-state index contributed by atoms with van der Waals surface area (Å²) in [5, 5.41) is 21.7. The molecule has 112 valence electrons. The number of non-ortho nitro benzene ring substituents is 1. The van der Waals surface area contributed by atoms with Gasteiger partial charge >= 0.3 is 5.97 Å². The van der Waals surface area contributed by atoms with Crippen molar-refractivity contribution in [3.63, 3.8) is 0 Å². The Balaban J connectivity index is 2.99. The first-order valence-electron chi connectivity index (χ1n) is 5.78. The molecule has 1 atom stereocenters. The molecule has 4 N–H and O–H groups in total. The number of aryl methyl sites for hydroxylation is 1. The molecule has 21 heavy (non-hydrogen) atoms. The third-order valence-electron chi connectivity index (χ3n) is 2.54. The number of nitro groups is 1. The normalized spacial score (nSPS) is 11.5. The van der Waals surface area contributed by atoms with Crippen molar-refractivity contribution in [1.82, 2.24) is 5.32 Å². The van der Waals surface area contributed by atoms with E-state index in [-0.39, 0.29) is 11.3 Å². The smallest absolute Gasteiger partial charge is 0.326 e. The second-order valence-electron chi connectivity index (χ2n) is 4.35. The van der Waals surface area contributed by atoms with E-state index in [1.54, 1.807) is 6.92 Å². The Hall–Kier alpha value is -2.97. The van der Waals surface area contributed by atoms with Gasteiger partial charge in [0.15, 0.2) is 0 Å². The summed E-state index contributed by atoms with van der Waals surface area (Å²) >= 11 is 0. The van der Waals surface area contributed by atoms with E-state index in [0.717, 1.165) is 6.07 Å². The number of rotatable bonds is 6. The molecule has 0 heterocycles. The number of hydrogen-bond acceptors (Lipinski definition) is 5. The van der Waals surface area contributed by atoms with E-state index in [1.807, 2.05) is 0 Å². The van der Waals surface area contributed by atoms with Crippen LogP contribution in [-0.4, -0.2) is 33.9 Å². The largest absolute Gasteiger partial charge is 0.480 e. The molecule has 0 radical (unpaired) electrons. The molecule has 1 aromatic carbocycles. The zero-order valence-corrected chi connectivity index (χ0v) is 11.0. The molecule has 0 saturated carbocycles. The average molecular weight is 295 g/mol. The van der Waals surface area contributed by atoms with Gasteiger partial charge in [-0.25, -0.2) is 4.79 Å². The molecule has 2 amide bonds. The Morgan fingerprint density at radius 2 is 2.00 bits per heavy atom. The highest BCUT2D eigenvalue weighted by atomic mass is 16.6. The van der Waals surface area contributed by atoms with Crippen LogP contribution >= 0.6 is 0 Å². The Morgan fingerprint density at radius 1 is 1.38 bits per heavy atom. The number of hydrogen-bond donors (Lipinski definition) is 3. The Labute approximate surface area is 118 Å². The number of nitro benzene ring substituents is 1. The predicted octanol–water partition coefficient (Wildman–Crippen LogP) is -0.0384. The maximum absolute atomic E-state index is 11.9. The van der Waals surface area contributed by atoms with Crippen molar-refractivity contribution < 1.29 is 24.4 Å². The van der Waals surface area contributed by atoms with E-state index in [4.69, 9.17) is 10.8 Å². The number of nitrogens with zero attached hydrogens (tertiary/aromatic N) is 1. The molecule has 0 aliphatic rings. The van der Waals surface area contributed by atoms with E-state index in [9.17, 15) is 24.5 Å². The molecule has 0 aliphatic carbocycles. The summed E-state index contributed by atoms with van der Waals surface area (Å²) in [6.07, 6.45) is -0.574. The van der Waals surface area contributed by atoms with Gasteiger partial charge in [0.25, 0.3) is 11.6 Å². The van der Waals surface area contributed by atoms with Gasteiger partial charge in [-0.2, -0.15) is 0 Å². The number of carbonyl (C=O) groups is 3. The van der Waals surface area contributed by atoms with Gasteiger partial charge in [0.05, 0.1) is 11.3 Å². The van der Waals surface area contributed by atoms with E-state index in [1.165, 1.54) is 12.1 Å². The van der Waals surface area contributed by atoms with Crippen molar-refractivity contribution in [3.8, 4) is 0 Å². The molecular formula is C12H13N3O6. The van der Waals surface area contributed by atoms with Crippen LogP contribution in [0.5, 0.6) is 0 Å². The average Bonchev–Trinajstić information content (AvgIpc) is 2.36. The maximum atomic E-state index is 11.9. The van der Waals surface area contributed by atoms with Gasteiger partial charge in [-0.15, -0.1) is 0 Å². The molecule has 0 fully saturated rings. The zero-order chi connectivity index (χ0) is 16.2. The molecule has 9 nitrogen and oxygen atoms in total. The number of carboxylic acid groups (broad SMARTS) is 1. The van der Waals surface area contributed by atoms with E-state index in [0.29, 0.717) is 5.56 Å². The first-order chi connectivity index (χ1) is 9.70. The molecule has 0 unspecified atom stereocenters. The quantitative estimate of drug-likeness (QED) is 0.494. The van der Waals surface area contributed by atoms with Crippen LogP contribution in [0.2, 0.25) is 0 Å². The molecule has 1 rings (SSSR count). The molecule has 0 aromatic heterocycles. The molecule has 0 saturated heterocycles. The van der Waals surface area contributed by atoms with E-state index in [2.05, 4.69) is 5.32 Å². The molecular weight excluding hydrogens is 282 g/mol. The molecule has 0 bridgehead atoms. The minimum atomic E-state index is -1.49. The first kappa shape index (κ1) is 16.1. The predicted molar refractivity (Wildman–Crippen MR) is 70.5 cm³/mol. The fourth-order valence-corrected chi connectivity index (χ4v) is 1.64. The van der Waals surface area contributed by atoms with Crippen LogP contribution in [0.3, 0.4) is 0 Å². The van der Waals surface area contributed by atoms with Crippen molar-refractivity contribution in [2.45, 2.75) is 19.4 Å². The number of nitrogens with one attached hydrogen (secondary N) is 1. The number of carboxylic acids is 1. The minimum Gasteiger partial charge on any atom is -0.480 e. The van der Waals surface area contributed by atoms with Gasteiger partial charge in [-0.1, -0.05) is 0 Å². The van der Waals surface area contributed by atoms with Gasteiger partial charge in [0.2, 0.25) is 5.91 Å². The minimum absolute atomic E-state index is 0.0718. The van der Waals surface area contributed by atoms with Crippen LogP contribution in [-0.2, 0) is 9.59 Å². The maximum Gasteiger partial charge on any atom is 0.326 e. The number of nitrogens with two attached hydrogens (primary N) is 1. The summed E-state index contributed by atoms with van der Waals surface area (Å²) < 4.78 is 0. The second kappa shape index (κ2) is 6.46. The van der Waals surface area contributed by atoms with Gasteiger partial charge < -0.3 is 16.2 Å². The number of carbonyl (C=O) groups excluding carboxylic acids is 2.